The van der Waals surface area contributed by atoms with Gasteiger partial charge in [0, 0.05) is 12.0 Å². The van der Waals surface area contributed by atoms with E-state index in [1.54, 1.807) is 0 Å². The normalized spacial score (nSPS) is 16.6. The second-order valence-corrected chi connectivity index (χ2v) is 5.38. The van der Waals surface area contributed by atoms with Gasteiger partial charge in [-0.1, -0.05) is 0 Å². The first kappa shape index (κ1) is 18.1. The summed E-state index contributed by atoms with van der Waals surface area (Å²) in [6, 6.07) is 0.975. The number of nitro benzene ring substituents is 2. The predicted molar refractivity (Wildman–Crippen MR) is 74.8 cm³/mol. The topological polar surface area (TPSA) is 100.0 Å². The number of halogens is 1. The van der Waals surface area contributed by atoms with Crippen LogP contribution in [0.15, 0.2) is 6.07 Å². The molecular weight excluding hydrogens is 314 g/mol. The Morgan fingerprint density at radius 2 is 1.82 bits per heavy atom. The van der Waals surface area contributed by atoms with Gasteiger partial charge in [-0.15, -0.1) is 0 Å². The first-order valence-electron chi connectivity index (χ1n) is 6.71. The van der Waals surface area contributed by atoms with E-state index < -0.39 is 9.85 Å². The van der Waals surface area contributed by atoms with Gasteiger partial charge < -0.3 is 22.0 Å². The van der Waals surface area contributed by atoms with Crippen molar-refractivity contribution in [1.82, 2.24) is 0 Å². The van der Waals surface area contributed by atoms with Crippen LogP contribution in [0.3, 0.4) is 0 Å². The summed E-state index contributed by atoms with van der Waals surface area (Å²) in [7, 11) is 5.22. The minimum atomic E-state index is -0.627. The summed E-state index contributed by atoms with van der Waals surface area (Å²) < 4.78 is 5.19. The van der Waals surface area contributed by atoms with Crippen molar-refractivity contribution in [2.45, 2.75) is 25.3 Å². The van der Waals surface area contributed by atoms with E-state index in [1.807, 2.05) is 14.1 Å². The smallest absolute Gasteiger partial charge is 0.318 e. The largest absolute Gasteiger partial charge is 1.00 e. The quantitative estimate of drug-likeness (QED) is 0.510. The average Bonchev–Trinajstić information content (AvgIpc) is 2.43. The highest BCUT2D eigenvalue weighted by molar-refractivity contribution is 5.64. The molecule has 1 atom stereocenters. The minimum Gasteiger partial charge on any atom is -1.00 e. The molecule has 0 fully saturated rings. The highest BCUT2D eigenvalue weighted by Gasteiger charge is 2.38. The van der Waals surface area contributed by atoms with E-state index in [-0.39, 0.29) is 35.6 Å². The lowest BCUT2D eigenvalue weighted by molar-refractivity contribution is -0.893. The van der Waals surface area contributed by atoms with Gasteiger partial charge in [-0.25, -0.2) is 0 Å². The lowest BCUT2D eigenvalue weighted by atomic mass is 9.84. The Balaban J connectivity index is 0.00000242. The molecule has 0 amide bonds. The first-order valence-corrected chi connectivity index (χ1v) is 6.71. The van der Waals surface area contributed by atoms with Crippen molar-refractivity contribution in [2.24, 2.45) is 0 Å². The van der Waals surface area contributed by atoms with E-state index in [2.05, 4.69) is 0 Å². The molecule has 0 spiro atoms. The van der Waals surface area contributed by atoms with E-state index in [0.717, 1.165) is 23.8 Å². The van der Waals surface area contributed by atoms with Gasteiger partial charge in [-0.2, -0.15) is 0 Å². The van der Waals surface area contributed by atoms with Crippen LogP contribution in [0.25, 0.3) is 0 Å². The number of nitrogens with one attached hydrogen (secondary N) is 1. The zero-order valence-electron chi connectivity index (χ0n) is 12.6. The van der Waals surface area contributed by atoms with Crippen molar-refractivity contribution in [2.75, 3.05) is 21.2 Å². The van der Waals surface area contributed by atoms with Gasteiger partial charge in [0.15, 0.2) is 0 Å². The molecule has 1 aliphatic rings. The highest BCUT2D eigenvalue weighted by Crippen LogP contribution is 2.45. The molecule has 22 heavy (non-hydrogen) atoms. The molecule has 1 aromatic carbocycles. The Hall–Kier alpha value is -1.93. The predicted octanol–water partition coefficient (Wildman–Crippen LogP) is -1.96. The third-order valence-corrected chi connectivity index (χ3v) is 3.94. The molecule has 2 rings (SSSR count). The number of hydrogen-bond donors (Lipinski definition) is 1. The molecule has 0 saturated heterocycles. The number of quaternary nitrogens is 1. The lowest BCUT2D eigenvalue weighted by Gasteiger charge is -2.28. The van der Waals surface area contributed by atoms with E-state index in [4.69, 9.17) is 4.74 Å². The van der Waals surface area contributed by atoms with Crippen LogP contribution in [0.2, 0.25) is 0 Å². The number of nitrogens with zero attached hydrogens (tertiary/aromatic N) is 2. The van der Waals surface area contributed by atoms with Crippen LogP contribution in [0.1, 0.15) is 30.0 Å². The molecular formula is C13H18ClN3O5. The van der Waals surface area contributed by atoms with Crippen LogP contribution in [-0.2, 0) is 6.42 Å². The van der Waals surface area contributed by atoms with Gasteiger partial charge in [0.05, 0.1) is 42.7 Å². The Morgan fingerprint density at radius 1 is 1.23 bits per heavy atom. The summed E-state index contributed by atoms with van der Waals surface area (Å²) >= 11 is 0. The van der Waals surface area contributed by atoms with Gasteiger partial charge >= 0.3 is 5.69 Å². The Morgan fingerprint density at radius 3 is 2.27 bits per heavy atom. The van der Waals surface area contributed by atoms with Crippen molar-refractivity contribution in [1.29, 1.82) is 0 Å². The molecule has 0 radical (unpaired) electrons. The summed E-state index contributed by atoms with van der Waals surface area (Å²) in [6.07, 6.45) is 2.21. The Labute approximate surface area is 133 Å². The summed E-state index contributed by atoms with van der Waals surface area (Å²) in [5.41, 5.74) is 0.672. The number of ether oxygens (including phenoxy) is 1. The molecule has 0 bridgehead atoms. The Kier molecular flexibility index (Phi) is 5.67. The van der Waals surface area contributed by atoms with E-state index in [0.29, 0.717) is 17.5 Å². The van der Waals surface area contributed by atoms with E-state index in [1.165, 1.54) is 7.11 Å². The van der Waals surface area contributed by atoms with Crippen molar-refractivity contribution in [3.63, 3.8) is 0 Å². The molecule has 0 heterocycles. The molecule has 1 unspecified atom stereocenters. The minimum absolute atomic E-state index is 0. The van der Waals surface area contributed by atoms with Crippen molar-refractivity contribution < 1.29 is 31.9 Å². The third kappa shape index (κ3) is 2.97. The maximum Gasteiger partial charge on any atom is 0.318 e. The lowest BCUT2D eigenvalue weighted by Crippen LogP contribution is -3.06. The van der Waals surface area contributed by atoms with Gasteiger partial charge in [0.1, 0.15) is 6.04 Å². The maximum atomic E-state index is 11.3. The van der Waals surface area contributed by atoms with Gasteiger partial charge in [0.25, 0.3) is 5.69 Å². The van der Waals surface area contributed by atoms with Crippen LogP contribution >= 0.6 is 0 Å². The van der Waals surface area contributed by atoms with Crippen molar-refractivity contribution in [3.8, 4) is 5.75 Å². The monoisotopic (exact) mass is 331 g/mol. The van der Waals surface area contributed by atoms with Gasteiger partial charge in [-0.3, -0.25) is 20.2 Å². The third-order valence-electron chi connectivity index (χ3n) is 3.94. The zero-order valence-corrected chi connectivity index (χ0v) is 13.3. The molecule has 1 aliphatic carbocycles. The standard InChI is InChI=1S/C13H17N3O5.ClH/c1-14(2)9-6-4-5-8-12(9)10(15(17)18)7-11(16(19)20)13(8)21-3;/h7,9H,4-6H2,1-3H3;1H. The molecule has 0 saturated carbocycles. The molecule has 0 aliphatic heterocycles. The molecule has 122 valence electrons. The summed E-state index contributed by atoms with van der Waals surface area (Å²) in [5, 5.41) is 22.5. The number of benzene rings is 1. The van der Waals surface area contributed by atoms with Gasteiger partial charge in [-0.05, 0) is 12.8 Å². The summed E-state index contributed by atoms with van der Waals surface area (Å²) in [4.78, 5) is 22.4. The number of methoxy groups -OCH3 is 1. The first-order chi connectivity index (χ1) is 9.88. The fourth-order valence-electron chi connectivity index (χ4n) is 3.06. The van der Waals surface area contributed by atoms with Crippen LogP contribution in [0, 0.1) is 20.2 Å². The second kappa shape index (κ2) is 6.89. The van der Waals surface area contributed by atoms with Crippen LogP contribution in [-0.4, -0.2) is 31.1 Å². The van der Waals surface area contributed by atoms with Crippen LogP contribution < -0.4 is 22.0 Å². The molecule has 9 heteroatoms. The highest BCUT2D eigenvalue weighted by atomic mass is 35.5. The summed E-state index contributed by atoms with van der Waals surface area (Å²) in [6.45, 7) is 0. The van der Waals surface area contributed by atoms with Crippen LogP contribution in [0.5, 0.6) is 5.75 Å². The zero-order chi connectivity index (χ0) is 15.7. The van der Waals surface area contributed by atoms with Gasteiger partial charge in [0.2, 0.25) is 5.75 Å². The molecule has 1 aromatic rings. The fraction of sp³-hybridized carbons (Fsp3) is 0.538. The average molecular weight is 332 g/mol. The molecule has 8 nitrogen and oxygen atoms in total. The fourth-order valence-corrected chi connectivity index (χ4v) is 3.06. The number of hydrogen-bond acceptors (Lipinski definition) is 5. The molecule has 0 aromatic heterocycles. The second-order valence-electron chi connectivity index (χ2n) is 5.38. The summed E-state index contributed by atoms with van der Waals surface area (Å²) in [5.74, 6) is 0.159. The molecule has 1 N–H and O–H groups in total. The number of rotatable bonds is 4. The SMILES string of the molecule is COc1c([N+](=O)[O-])cc([N+](=O)[O-])c2c1CCCC2[NH+](C)C.[Cl-]. The Bertz CT molecular complexity index is 606. The van der Waals surface area contributed by atoms with Crippen molar-refractivity contribution in [3.05, 3.63) is 37.4 Å². The van der Waals surface area contributed by atoms with E-state index in [9.17, 15) is 20.2 Å². The van der Waals surface area contributed by atoms with Crippen LogP contribution in [0.4, 0.5) is 11.4 Å². The number of fused-ring (bicyclic) bond motifs is 1. The van der Waals surface area contributed by atoms with E-state index >= 15 is 0 Å². The number of nitro groups is 2. The maximum absolute atomic E-state index is 11.3. The van der Waals surface area contributed by atoms with Crippen molar-refractivity contribution >= 4 is 11.4 Å².